The van der Waals surface area contributed by atoms with Crippen molar-refractivity contribution in [1.29, 1.82) is 5.26 Å². The fourth-order valence-corrected chi connectivity index (χ4v) is 3.31. The SMILES string of the molecule is N#Cc1ccc(OC2CCN(C(=O)C3CCCC3)CC2)nc1. The van der Waals surface area contributed by atoms with E-state index in [1.165, 1.54) is 19.0 Å². The number of hydrogen-bond acceptors (Lipinski definition) is 4. The van der Waals surface area contributed by atoms with Crippen LogP contribution in [0.5, 0.6) is 5.88 Å². The third-order valence-corrected chi connectivity index (χ3v) is 4.61. The fourth-order valence-electron chi connectivity index (χ4n) is 3.31. The summed E-state index contributed by atoms with van der Waals surface area (Å²) in [6.45, 7) is 1.55. The van der Waals surface area contributed by atoms with Gasteiger partial charge >= 0.3 is 0 Å². The maximum atomic E-state index is 12.4. The van der Waals surface area contributed by atoms with Gasteiger partial charge in [0.05, 0.1) is 5.56 Å². The zero-order valence-electron chi connectivity index (χ0n) is 12.7. The van der Waals surface area contributed by atoms with Crippen LogP contribution in [0.1, 0.15) is 44.1 Å². The first kappa shape index (κ1) is 14.8. The minimum Gasteiger partial charge on any atom is -0.474 e. The van der Waals surface area contributed by atoms with Crippen LogP contribution in [0.25, 0.3) is 0 Å². The summed E-state index contributed by atoms with van der Waals surface area (Å²) in [7, 11) is 0. The molecule has 116 valence electrons. The van der Waals surface area contributed by atoms with Gasteiger partial charge in [-0.25, -0.2) is 4.98 Å². The largest absolute Gasteiger partial charge is 0.474 e. The zero-order chi connectivity index (χ0) is 15.4. The second-order valence-corrected chi connectivity index (χ2v) is 6.12. The van der Waals surface area contributed by atoms with E-state index in [0.29, 0.717) is 17.4 Å². The van der Waals surface area contributed by atoms with E-state index in [1.807, 2.05) is 11.0 Å². The second-order valence-electron chi connectivity index (χ2n) is 6.12. The Hall–Kier alpha value is -2.09. The summed E-state index contributed by atoms with van der Waals surface area (Å²) >= 11 is 0. The molecule has 0 N–H and O–H groups in total. The number of pyridine rings is 1. The number of carbonyl (C=O) groups is 1. The molecule has 2 fully saturated rings. The van der Waals surface area contributed by atoms with Crippen molar-refractivity contribution in [2.75, 3.05) is 13.1 Å². The third kappa shape index (κ3) is 3.38. The van der Waals surface area contributed by atoms with Crippen LogP contribution in [-0.4, -0.2) is 35.0 Å². The minimum absolute atomic E-state index is 0.105. The Balaban J connectivity index is 1.48. The van der Waals surface area contributed by atoms with Crippen molar-refractivity contribution < 1.29 is 9.53 Å². The molecule has 1 saturated carbocycles. The van der Waals surface area contributed by atoms with Crippen LogP contribution in [0.15, 0.2) is 18.3 Å². The van der Waals surface area contributed by atoms with Crippen molar-refractivity contribution in [3.8, 4) is 11.9 Å². The molecule has 1 saturated heterocycles. The molecule has 0 unspecified atom stereocenters. The number of rotatable bonds is 3. The first-order valence-electron chi connectivity index (χ1n) is 8.08. The Morgan fingerprint density at radius 3 is 2.55 bits per heavy atom. The average molecular weight is 299 g/mol. The molecule has 1 amide bonds. The van der Waals surface area contributed by atoms with Crippen molar-refractivity contribution in [3.63, 3.8) is 0 Å². The molecule has 2 aliphatic rings. The van der Waals surface area contributed by atoms with E-state index in [4.69, 9.17) is 10.00 Å². The van der Waals surface area contributed by atoms with Crippen molar-refractivity contribution in [2.45, 2.75) is 44.6 Å². The lowest BCUT2D eigenvalue weighted by atomic mass is 10.0. The van der Waals surface area contributed by atoms with Crippen molar-refractivity contribution in [2.24, 2.45) is 5.92 Å². The number of piperidine rings is 1. The van der Waals surface area contributed by atoms with Crippen LogP contribution in [0, 0.1) is 17.2 Å². The summed E-state index contributed by atoms with van der Waals surface area (Å²) < 4.78 is 5.85. The van der Waals surface area contributed by atoms with Gasteiger partial charge in [-0.15, -0.1) is 0 Å². The summed E-state index contributed by atoms with van der Waals surface area (Å²) in [4.78, 5) is 18.5. The Bertz CT molecular complexity index is 550. The summed E-state index contributed by atoms with van der Waals surface area (Å²) in [6.07, 6.45) is 7.83. The highest BCUT2D eigenvalue weighted by atomic mass is 16.5. The number of aromatic nitrogens is 1. The summed E-state index contributed by atoms with van der Waals surface area (Å²) in [5.74, 6) is 1.16. The number of hydrogen-bond donors (Lipinski definition) is 0. The number of amides is 1. The van der Waals surface area contributed by atoms with E-state index in [0.717, 1.165) is 38.8 Å². The zero-order valence-corrected chi connectivity index (χ0v) is 12.7. The number of likely N-dealkylation sites (tertiary alicyclic amines) is 1. The van der Waals surface area contributed by atoms with Crippen molar-refractivity contribution >= 4 is 5.91 Å². The van der Waals surface area contributed by atoms with E-state index >= 15 is 0 Å². The third-order valence-electron chi connectivity index (χ3n) is 4.61. The Labute approximate surface area is 130 Å². The predicted molar refractivity (Wildman–Crippen MR) is 81.1 cm³/mol. The van der Waals surface area contributed by atoms with Gasteiger partial charge in [-0.3, -0.25) is 4.79 Å². The molecule has 1 aromatic rings. The number of ether oxygens (including phenoxy) is 1. The highest BCUT2D eigenvalue weighted by molar-refractivity contribution is 5.79. The summed E-state index contributed by atoms with van der Waals surface area (Å²) in [6, 6.07) is 5.48. The highest BCUT2D eigenvalue weighted by Crippen LogP contribution is 2.28. The van der Waals surface area contributed by atoms with Crippen LogP contribution in [0.3, 0.4) is 0 Å². The molecule has 3 rings (SSSR count). The quantitative estimate of drug-likeness (QED) is 0.860. The van der Waals surface area contributed by atoms with Gasteiger partial charge in [-0.05, 0) is 18.9 Å². The van der Waals surface area contributed by atoms with Crippen LogP contribution < -0.4 is 4.74 Å². The second kappa shape index (κ2) is 6.78. The Morgan fingerprint density at radius 1 is 1.23 bits per heavy atom. The number of carbonyl (C=O) groups excluding carboxylic acids is 1. The molecule has 22 heavy (non-hydrogen) atoms. The topological polar surface area (TPSA) is 66.2 Å². The molecule has 0 aromatic carbocycles. The monoisotopic (exact) mass is 299 g/mol. The minimum atomic E-state index is 0.105. The maximum absolute atomic E-state index is 12.4. The number of nitriles is 1. The Morgan fingerprint density at radius 2 is 1.95 bits per heavy atom. The molecule has 2 heterocycles. The lowest BCUT2D eigenvalue weighted by molar-refractivity contribution is -0.137. The summed E-state index contributed by atoms with van der Waals surface area (Å²) in [5, 5.41) is 8.75. The first-order chi connectivity index (χ1) is 10.8. The van der Waals surface area contributed by atoms with Gasteiger partial charge in [0.1, 0.15) is 12.2 Å². The van der Waals surface area contributed by atoms with Gasteiger partial charge < -0.3 is 9.64 Å². The molecule has 0 spiro atoms. The highest BCUT2D eigenvalue weighted by Gasteiger charge is 2.30. The molecule has 5 nitrogen and oxygen atoms in total. The van der Waals surface area contributed by atoms with Crippen molar-refractivity contribution in [3.05, 3.63) is 23.9 Å². The van der Waals surface area contributed by atoms with Crippen LogP contribution in [0.4, 0.5) is 0 Å². The first-order valence-corrected chi connectivity index (χ1v) is 8.08. The molecule has 1 aromatic heterocycles. The molecule has 5 heteroatoms. The smallest absolute Gasteiger partial charge is 0.225 e. The average Bonchev–Trinajstić information content (AvgIpc) is 3.10. The van der Waals surface area contributed by atoms with Gasteiger partial charge in [0.2, 0.25) is 11.8 Å². The van der Waals surface area contributed by atoms with E-state index in [1.54, 1.807) is 12.1 Å². The summed E-state index contributed by atoms with van der Waals surface area (Å²) in [5.41, 5.74) is 0.532. The standard InChI is InChI=1S/C17H21N3O2/c18-11-13-5-6-16(19-12-13)22-15-7-9-20(10-8-15)17(21)14-3-1-2-4-14/h5-6,12,14-15H,1-4,7-10H2. The van der Waals surface area contributed by atoms with E-state index in [9.17, 15) is 4.79 Å². The van der Waals surface area contributed by atoms with Crippen LogP contribution in [-0.2, 0) is 4.79 Å². The lowest BCUT2D eigenvalue weighted by Gasteiger charge is -2.33. The molecular weight excluding hydrogens is 278 g/mol. The molecule has 0 radical (unpaired) electrons. The normalized spacial score (nSPS) is 19.9. The predicted octanol–water partition coefficient (Wildman–Crippen LogP) is 2.51. The molecule has 0 bridgehead atoms. The van der Waals surface area contributed by atoms with E-state index < -0.39 is 0 Å². The maximum Gasteiger partial charge on any atom is 0.225 e. The number of nitrogens with zero attached hydrogens (tertiary/aromatic N) is 3. The molecule has 1 aliphatic heterocycles. The van der Waals surface area contributed by atoms with Crippen LogP contribution >= 0.6 is 0 Å². The van der Waals surface area contributed by atoms with Gasteiger partial charge in [0.15, 0.2) is 0 Å². The van der Waals surface area contributed by atoms with Crippen molar-refractivity contribution in [1.82, 2.24) is 9.88 Å². The van der Waals surface area contributed by atoms with Gasteiger partial charge in [-0.1, -0.05) is 12.8 Å². The molecule has 1 aliphatic carbocycles. The van der Waals surface area contributed by atoms with E-state index in [-0.39, 0.29) is 12.0 Å². The Kier molecular flexibility index (Phi) is 4.57. The van der Waals surface area contributed by atoms with Gasteiger partial charge in [-0.2, -0.15) is 5.26 Å². The van der Waals surface area contributed by atoms with Crippen LogP contribution in [0.2, 0.25) is 0 Å². The molecular formula is C17H21N3O2. The fraction of sp³-hybridized carbons (Fsp3) is 0.588. The lowest BCUT2D eigenvalue weighted by Crippen LogP contribution is -2.44. The van der Waals surface area contributed by atoms with E-state index in [2.05, 4.69) is 4.98 Å². The van der Waals surface area contributed by atoms with Gasteiger partial charge in [0.25, 0.3) is 0 Å². The van der Waals surface area contributed by atoms with Gasteiger partial charge in [0, 0.05) is 44.1 Å². The molecule has 0 atom stereocenters.